The molecule has 190 valence electrons. The Hall–Kier alpha value is -3.69. The molecule has 6 nitrogen and oxygen atoms in total. The number of methoxy groups -OCH3 is 1. The quantitative estimate of drug-likeness (QED) is 0.363. The minimum atomic E-state index is -0.816. The average Bonchev–Trinajstić information content (AvgIpc) is 3.47. The van der Waals surface area contributed by atoms with Gasteiger partial charge in [0.15, 0.2) is 0 Å². The Morgan fingerprint density at radius 1 is 1.08 bits per heavy atom. The summed E-state index contributed by atoms with van der Waals surface area (Å²) in [5, 5.41) is 3.81. The lowest BCUT2D eigenvalue weighted by Gasteiger charge is -2.32. The summed E-state index contributed by atoms with van der Waals surface area (Å²) in [7, 11) is 3.73. The smallest absolute Gasteiger partial charge is 0.323 e. The number of benzene rings is 2. The predicted molar refractivity (Wildman–Crippen MR) is 139 cm³/mol. The molecule has 6 rings (SSSR count). The molecule has 4 heterocycles. The summed E-state index contributed by atoms with van der Waals surface area (Å²) in [4.78, 5) is 19.2. The Morgan fingerprint density at radius 3 is 2.65 bits per heavy atom. The van der Waals surface area contributed by atoms with Gasteiger partial charge in [0.25, 0.3) is 0 Å². The van der Waals surface area contributed by atoms with E-state index < -0.39 is 23.7 Å². The minimum absolute atomic E-state index is 0.0614. The van der Waals surface area contributed by atoms with Crippen molar-refractivity contribution >= 4 is 23.1 Å². The second kappa shape index (κ2) is 9.32. The first-order chi connectivity index (χ1) is 17.9. The standard InChI is InChI=1S/C28H26F2N4O2S/c1-32-13-11-20-21-15-34(28(35)31-23-10-7-18(29)14-22(23)30)26(17-5-8-19(36-2)9-6-17)24-4-3-12-33(24)27(21)37-25(20)16-32/h3-10,12,14,26H,11,13,15-16H2,1-2H3,(H,31,35)/t26-/m0/s1. The van der Waals surface area contributed by atoms with Crippen molar-refractivity contribution in [2.24, 2.45) is 0 Å². The van der Waals surface area contributed by atoms with Crippen LogP contribution in [0.5, 0.6) is 5.75 Å². The number of nitrogens with zero attached hydrogens (tertiary/aromatic N) is 3. The molecule has 0 bridgehead atoms. The van der Waals surface area contributed by atoms with E-state index in [-0.39, 0.29) is 5.69 Å². The summed E-state index contributed by atoms with van der Waals surface area (Å²) < 4.78 is 35.5. The third-order valence-corrected chi connectivity index (χ3v) is 8.38. The molecule has 0 unspecified atom stereocenters. The molecular formula is C28H26F2N4O2S. The molecule has 2 amide bonds. The molecule has 2 aromatic carbocycles. The second-order valence-electron chi connectivity index (χ2n) is 9.44. The van der Waals surface area contributed by atoms with Gasteiger partial charge in [-0.1, -0.05) is 12.1 Å². The maximum Gasteiger partial charge on any atom is 0.323 e. The highest BCUT2D eigenvalue weighted by Gasteiger charge is 2.36. The number of fused-ring (bicyclic) bond motifs is 5. The molecule has 0 saturated heterocycles. The average molecular weight is 521 g/mol. The number of ether oxygens (including phenoxy) is 1. The van der Waals surface area contributed by atoms with Crippen LogP contribution in [-0.4, -0.2) is 41.1 Å². The molecule has 2 aliphatic heterocycles. The van der Waals surface area contributed by atoms with Crippen molar-refractivity contribution in [3.63, 3.8) is 0 Å². The molecule has 0 saturated carbocycles. The first kappa shape index (κ1) is 23.7. The van der Waals surface area contributed by atoms with Gasteiger partial charge in [-0.05, 0) is 61.0 Å². The van der Waals surface area contributed by atoms with Gasteiger partial charge in [0.05, 0.1) is 31.1 Å². The lowest BCUT2D eigenvalue weighted by atomic mass is 10.00. The van der Waals surface area contributed by atoms with Crippen molar-refractivity contribution in [2.75, 3.05) is 26.0 Å². The summed E-state index contributed by atoms with van der Waals surface area (Å²) in [6.45, 7) is 2.18. The fraction of sp³-hybridized carbons (Fsp3) is 0.250. The zero-order valence-electron chi connectivity index (χ0n) is 20.5. The van der Waals surface area contributed by atoms with Gasteiger partial charge in [0.1, 0.15) is 22.4 Å². The van der Waals surface area contributed by atoms with Crippen molar-refractivity contribution < 1.29 is 18.3 Å². The Labute approximate surface area is 217 Å². The maximum atomic E-state index is 14.5. The van der Waals surface area contributed by atoms with Crippen LogP contribution in [0, 0.1) is 11.6 Å². The van der Waals surface area contributed by atoms with E-state index in [0.717, 1.165) is 59.2 Å². The van der Waals surface area contributed by atoms with Crippen LogP contribution in [0.15, 0.2) is 60.8 Å². The van der Waals surface area contributed by atoms with E-state index in [9.17, 15) is 13.6 Å². The number of hydrogen-bond acceptors (Lipinski definition) is 4. The summed E-state index contributed by atoms with van der Waals surface area (Å²) in [6.07, 6.45) is 2.95. The van der Waals surface area contributed by atoms with Crippen LogP contribution < -0.4 is 10.1 Å². The molecule has 0 aliphatic carbocycles. The number of halogens is 2. The zero-order chi connectivity index (χ0) is 25.7. The Bertz CT molecular complexity index is 1480. The molecule has 1 atom stereocenters. The number of urea groups is 1. The molecule has 4 aromatic rings. The van der Waals surface area contributed by atoms with Crippen molar-refractivity contribution in [1.82, 2.24) is 14.4 Å². The number of aromatic nitrogens is 1. The van der Waals surface area contributed by atoms with E-state index >= 15 is 0 Å². The molecule has 1 N–H and O–H groups in total. The first-order valence-corrected chi connectivity index (χ1v) is 12.9. The van der Waals surface area contributed by atoms with Crippen LogP contribution in [0.1, 0.15) is 33.3 Å². The fourth-order valence-corrected chi connectivity index (χ4v) is 6.71. The number of likely N-dealkylation sites (N-methyl/N-ethyl adjacent to an activating group) is 1. The normalized spacial score (nSPS) is 17.0. The third kappa shape index (κ3) is 4.18. The van der Waals surface area contributed by atoms with Crippen LogP contribution in [0.25, 0.3) is 5.00 Å². The molecule has 0 fully saturated rings. The van der Waals surface area contributed by atoms with Crippen LogP contribution in [0.4, 0.5) is 19.3 Å². The van der Waals surface area contributed by atoms with E-state index in [0.29, 0.717) is 6.54 Å². The lowest BCUT2D eigenvalue weighted by Crippen LogP contribution is -2.38. The van der Waals surface area contributed by atoms with Crippen molar-refractivity contribution in [1.29, 1.82) is 0 Å². The Kier molecular flexibility index (Phi) is 5.97. The minimum Gasteiger partial charge on any atom is -0.497 e. The number of hydrogen-bond donors (Lipinski definition) is 1. The summed E-state index contributed by atoms with van der Waals surface area (Å²) in [5.74, 6) is -0.794. The first-order valence-electron chi connectivity index (χ1n) is 12.1. The summed E-state index contributed by atoms with van der Waals surface area (Å²) in [5.41, 5.74) is 4.19. The van der Waals surface area contributed by atoms with Gasteiger partial charge in [-0.2, -0.15) is 0 Å². The van der Waals surface area contributed by atoms with Gasteiger partial charge in [0.2, 0.25) is 0 Å². The Morgan fingerprint density at radius 2 is 1.89 bits per heavy atom. The molecular weight excluding hydrogens is 494 g/mol. The van der Waals surface area contributed by atoms with Crippen LogP contribution >= 0.6 is 11.3 Å². The SMILES string of the molecule is COc1ccc([C@H]2c3cccn3-c3sc4c(c3CN2C(=O)Nc2ccc(F)cc2F)CCN(C)C4)cc1. The van der Waals surface area contributed by atoms with Crippen LogP contribution in [-0.2, 0) is 19.5 Å². The van der Waals surface area contributed by atoms with E-state index in [4.69, 9.17) is 4.74 Å². The molecule has 0 radical (unpaired) electrons. The van der Waals surface area contributed by atoms with Crippen molar-refractivity contribution in [3.05, 3.63) is 99.7 Å². The number of nitrogens with one attached hydrogen (secondary N) is 1. The van der Waals surface area contributed by atoms with Gasteiger partial charge in [-0.15, -0.1) is 11.3 Å². The highest BCUT2D eigenvalue weighted by Crippen LogP contribution is 2.43. The topological polar surface area (TPSA) is 49.7 Å². The number of amides is 2. The van der Waals surface area contributed by atoms with E-state index in [1.165, 1.54) is 16.5 Å². The molecule has 0 spiro atoms. The van der Waals surface area contributed by atoms with E-state index in [2.05, 4.69) is 21.8 Å². The van der Waals surface area contributed by atoms with Crippen LogP contribution in [0.2, 0.25) is 0 Å². The van der Waals surface area contributed by atoms with Gasteiger partial charge < -0.3 is 24.4 Å². The van der Waals surface area contributed by atoms with Gasteiger partial charge >= 0.3 is 6.03 Å². The molecule has 9 heteroatoms. The number of thiophene rings is 1. The summed E-state index contributed by atoms with van der Waals surface area (Å²) >= 11 is 1.77. The van der Waals surface area contributed by atoms with Crippen LogP contribution in [0.3, 0.4) is 0 Å². The van der Waals surface area contributed by atoms with Gasteiger partial charge in [-0.25, -0.2) is 13.6 Å². The number of carbonyl (C=O) groups excluding carboxylic acids is 1. The van der Waals surface area contributed by atoms with E-state index in [1.807, 2.05) is 42.6 Å². The lowest BCUT2D eigenvalue weighted by molar-refractivity contribution is 0.194. The predicted octanol–water partition coefficient (Wildman–Crippen LogP) is 5.95. The second-order valence-corrected chi connectivity index (χ2v) is 10.5. The van der Waals surface area contributed by atoms with Crippen molar-refractivity contribution in [2.45, 2.75) is 25.6 Å². The molecule has 2 aliphatic rings. The maximum absolute atomic E-state index is 14.5. The van der Waals surface area contributed by atoms with Crippen molar-refractivity contribution in [3.8, 4) is 10.8 Å². The number of carbonyl (C=O) groups is 1. The van der Waals surface area contributed by atoms with Gasteiger partial charge in [-0.3, -0.25) is 0 Å². The monoisotopic (exact) mass is 520 g/mol. The van der Waals surface area contributed by atoms with E-state index in [1.54, 1.807) is 23.3 Å². The zero-order valence-corrected chi connectivity index (χ0v) is 21.3. The number of rotatable bonds is 3. The largest absolute Gasteiger partial charge is 0.497 e. The summed E-state index contributed by atoms with van der Waals surface area (Å²) in [6, 6.07) is 13.9. The molecule has 2 aromatic heterocycles. The molecule has 37 heavy (non-hydrogen) atoms. The number of anilines is 1. The fourth-order valence-electron chi connectivity index (χ4n) is 5.27. The van der Waals surface area contributed by atoms with Gasteiger partial charge in [0, 0.05) is 35.8 Å². The highest BCUT2D eigenvalue weighted by molar-refractivity contribution is 7.15. The Balaban J connectivity index is 1.48. The highest BCUT2D eigenvalue weighted by atomic mass is 32.1. The third-order valence-electron chi connectivity index (χ3n) is 7.12.